The largest absolute Gasteiger partial charge is 0.493 e. The van der Waals surface area contributed by atoms with E-state index < -0.39 is 0 Å². The Balaban J connectivity index is 1.40. The quantitative estimate of drug-likeness (QED) is 0.231. The lowest BCUT2D eigenvalue weighted by Crippen LogP contribution is -2.29. The number of rotatable bonds is 8. The van der Waals surface area contributed by atoms with Gasteiger partial charge in [-0.25, -0.2) is 0 Å². The third-order valence-corrected chi connectivity index (χ3v) is 7.17. The van der Waals surface area contributed by atoms with Gasteiger partial charge in [0.05, 0.1) is 18.8 Å². The number of hydrogen-bond donors (Lipinski definition) is 1. The first kappa shape index (κ1) is 24.8. The summed E-state index contributed by atoms with van der Waals surface area (Å²) in [6.45, 7) is 0.831. The second kappa shape index (κ2) is 10.7. The summed E-state index contributed by atoms with van der Waals surface area (Å²) in [5.41, 5.74) is 5.98. The van der Waals surface area contributed by atoms with Gasteiger partial charge in [-0.3, -0.25) is 9.89 Å². The smallest absolute Gasteiger partial charge is 0.273 e. The number of halogens is 1. The van der Waals surface area contributed by atoms with E-state index in [0.717, 1.165) is 33.5 Å². The molecule has 7 heteroatoms. The predicted molar refractivity (Wildman–Crippen MR) is 151 cm³/mol. The van der Waals surface area contributed by atoms with Crippen LogP contribution in [-0.2, 0) is 13.2 Å². The van der Waals surface area contributed by atoms with E-state index >= 15 is 0 Å². The molecule has 1 amide bonds. The lowest BCUT2D eigenvalue weighted by Gasteiger charge is -2.27. The Labute approximate surface area is 231 Å². The highest BCUT2D eigenvalue weighted by molar-refractivity contribution is 6.30. The maximum absolute atomic E-state index is 13.7. The molecule has 1 aliphatic rings. The minimum absolute atomic E-state index is 0.108. The monoisotopic (exact) mass is 535 g/mol. The second-order valence-electron chi connectivity index (χ2n) is 9.37. The number of ether oxygens (including phenoxy) is 2. The van der Waals surface area contributed by atoms with Crippen LogP contribution in [0.15, 0.2) is 103 Å². The van der Waals surface area contributed by atoms with Gasteiger partial charge in [-0.2, -0.15) is 5.10 Å². The van der Waals surface area contributed by atoms with Crippen molar-refractivity contribution in [2.75, 3.05) is 7.11 Å². The van der Waals surface area contributed by atoms with Gasteiger partial charge in [0.15, 0.2) is 11.5 Å². The van der Waals surface area contributed by atoms with Crippen LogP contribution in [0.1, 0.15) is 38.8 Å². The normalized spacial score (nSPS) is 14.4. The van der Waals surface area contributed by atoms with Gasteiger partial charge in [0.2, 0.25) is 0 Å². The lowest BCUT2D eigenvalue weighted by molar-refractivity contribution is 0.0730. The number of carbonyl (C=O) groups excluding carboxylic acids is 1. The van der Waals surface area contributed by atoms with Gasteiger partial charge in [0.25, 0.3) is 5.91 Å². The molecule has 194 valence electrons. The number of aromatic nitrogens is 2. The molecule has 0 saturated carbocycles. The maximum Gasteiger partial charge on any atom is 0.273 e. The zero-order valence-corrected chi connectivity index (χ0v) is 22.1. The summed E-state index contributed by atoms with van der Waals surface area (Å²) >= 11 is 6.12. The van der Waals surface area contributed by atoms with E-state index in [1.807, 2.05) is 108 Å². The molecule has 6 rings (SSSR count). The first-order chi connectivity index (χ1) is 19.1. The number of carbonyl (C=O) groups is 1. The highest BCUT2D eigenvalue weighted by Gasteiger charge is 2.42. The number of methoxy groups -OCH3 is 1. The van der Waals surface area contributed by atoms with Crippen LogP contribution in [0.5, 0.6) is 11.5 Å². The molecule has 0 fully saturated rings. The minimum Gasteiger partial charge on any atom is -0.493 e. The molecular weight excluding hydrogens is 510 g/mol. The molecule has 39 heavy (non-hydrogen) atoms. The van der Waals surface area contributed by atoms with E-state index in [2.05, 4.69) is 10.2 Å². The van der Waals surface area contributed by atoms with E-state index in [0.29, 0.717) is 35.4 Å². The third kappa shape index (κ3) is 4.87. The average Bonchev–Trinajstić information content (AvgIpc) is 3.53. The average molecular weight is 536 g/mol. The summed E-state index contributed by atoms with van der Waals surface area (Å²) in [7, 11) is 1.62. The zero-order valence-electron chi connectivity index (χ0n) is 21.3. The van der Waals surface area contributed by atoms with E-state index in [-0.39, 0.29) is 11.9 Å². The number of H-pyrrole nitrogens is 1. The van der Waals surface area contributed by atoms with Gasteiger partial charge in [-0.1, -0.05) is 90.5 Å². The van der Waals surface area contributed by atoms with Gasteiger partial charge in [0.1, 0.15) is 12.3 Å². The fourth-order valence-electron chi connectivity index (χ4n) is 5.02. The van der Waals surface area contributed by atoms with Crippen molar-refractivity contribution >= 4 is 17.5 Å². The molecular formula is C32H26ClN3O3. The third-order valence-electron chi connectivity index (χ3n) is 6.92. The Morgan fingerprint density at radius 2 is 1.59 bits per heavy atom. The van der Waals surface area contributed by atoms with E-state index in [1.165, 1.54) is 0 Å². The van der Waals surface area contributed by atoms with Crippen LogP contribution in [0.3, 0.4) is 0 Å². The molecule has 6 nitrogen and oxygen atoms in total. The Morgan fingerprint density at radius 3 is 2.31 bits per heavy atom. The Morgan fingerprint density at radius 1 is 0.872 bits per heavy atom. The van der Waals surface area contributed by atoms with Crippen LogP contribution in [-0.4, -0.2) is 28.1 Å². The lowest BCUT2D eigenvalue weighted by atomic mass is 9.95. The van der Waals surface area contributed by atoms with Crippen molar-refractivity contribution in [3.05, 3.63) is 136 Å². The topological polar surface area (TPSA) is 67.5 Å². The maximum atomic E-state index is 13.7. The molecule has 5 aromatic rings. The molecule has 1 aliphatic heterocycles. The van der Waals surface area contributed by atoms with Gasteiger partial charge >= 0.3 is 0 Å². The van der Waals surface area contributed by atoms with Crippen LogP contribution >= 0.6 is 11.6 Å². The molecule has 0 radical (unpaired) electrons. The number of fused-ring (bicyclic) bond motifs is 1. The standard InChI is InChI=1S/C32H26ClN3O3/c1-38-27-18-24(14-17-26(27)39-20-22-8-4-2-5-9-22)31-28-29(23-10-6-3-7-11-23)34-35-30(28)32(37)36(31)19-21-12-15-25(33)16-13-21/h2-18,31H,19-20H2,1H3,(H,34,35). The molecule has 0 bridgehead atoms. The van der Waals surface area contributed by atoms with Gasteiger partial charge < -0.3 is 14.4 Å². The highest BCUT2D eigenvalue weighted by atomic mass is 35.5. The molecule has 0 saturated heterocycles. The van der Waals surface area contributed by atoms with Crippen molar-refractivity contribution in [1.82, 2.24) is 15.1 Å². The fourth-order valence-corrected chi connectivity index (χ4v) is 5.14. The molecule has 2 heterocycles. The van der Waals surface area contributed by atoms with Gasteiger partial charge in [0, 0.05) is 22.7 Å². The Bertz CT molecular complexity index is 1600. The Hall–Kier alpha value is -4.55. The molecule has 0 aliphatic carbocycles. The van der Waals surface area contributed by atoms with Crippen LogP contribution in [0.2, 0.25) is 5.02 Å². The zero-order chi connectivity index (χ0) is 26.8. The highest BCUT2D eigenvalue weighted by Crippen LogP contribution is 2.45. The summed E-state index contributed by atoms with van der Waals surface area (Å²) in [5, 5.41) is 8.24. The van der Waals surface area contributed by atoms with Crippen LogP contribution in [0, 0.1) is 0 Å². The summed E-state index contributed by atoms with van der Waals surface area (Å²) in [6, 6.07) is 32.9. The van der Waals surface area contributed by atoms with E-state index in [9.17, 15) is 4.79 Å². The summed E-state index contributed by atoms with van der Waals surface area (Å²) in [6.07, 6.45) is 0. The first-order valence-corrected chi connectivity index (χ1v) is 13.0. The summed E-state index contributed by atoms with van der Waals surface area (Å²) < 4.78 is 11.8. The first-order valence-electron chi connectivity index (χ1n) is 12.7. The predicted octanol–water partition coefficient (Wildman–Crippen LogP) is 7.06. The molecule has 0 spiro atoms. The molecule has 1 aromatic heterocycles. The van der Waals surface area contributed by atoms with Gasteiger partial charge in [-0.05, 0) is 41.0 Å². The number of benzene rings is 4. The minimum atomic E-state index is -0.380. The number of nitrogens with one attached hydrogen (secondary N) is 1. The second-order valence-corrected chi connectivity index (χ2v) is 9.81. The number of amides is 1. The molecule has 4 aromatic carbocycles. The van der Waals surface area contributed by atoms with Crippen LogP contribution in [0.4, 0.5) is 0 Å². The molecule has 1 unspecified atom stereocenters. The summed E-state index contributed by atoms with van der Waals surface area (Å²) in [4.78, 5) is 15.6. The van der Waals surface area contributed by atoms with Crippen molar-refractivity contribution < 1.29 is 14.3 Å². The fraction of sp³-hybridized carbons (Fsp3) is 0.125. The van der Waals surface area contributed by atoms with Crippen LogP contribution < -0.4 is 9.47 Å². The Kier molecular flexibility index (Phi) is 6.78. The number of aromatic amines is 1. The SMILES string of the molecule is COc1cc(C2c3c(-c4ccccc4)n[nH]c3C(=O)N2Cc2ccc(Cl)cc2)ccc1OCc1ccccc1. The van der Waals surface area contributed by atoms with Crippen LogP contribution in [0.25, 0.3) is 11.3 Å². The van der Waals surface area contributed by atoms with E-state index in [1.54, 1.807) is 7.11 Å². The molecule has 1 atom stereocenters. The van der Waals surface area contributed by atoms with Crippen molar-refractivity contribution in [2.24, 2.45) is 0 Å². The molecule has 1 N–H and O–H groups in total. The van der Waals surface area contributed by atoms with Gasteiger partial charge in [-0.15, -0.1) is 0 Å². The van der Waals surface area contributed by atoms with Crippen molar-refractivity contribution in [1.29, 1.82) is 0 Å². The van der Waals surface area contributed by atoms with E-state index in [4.69, 9.17) is 21.1 Å². The number of hydrogen-bond acceptors (Lipinski definition) is 4. The van der Waals surface area contributed by atoms with Crippen molar-refractivity contribution in [3.63, 3.8) is 0 Å². The summed E-state index contributed by atoms with van der Waals surface area (Å²) in [5.74, 6) is 1.12. The van der Waals surface area contributed by atoms with Crippen molar-refractivity contribution in [2.45, 2.75) is 19.2 Å². The number of nitrogens with zero attached hydrogens (tertiary/aromatic N) is 2. The van der Waals surface area contributed by atoms with Crippen molar-refractivity contribution in [3.8, 4) is 22.8 Å².